The number of likely N-dealkylation sites (tertiary alicyclic amines) is 1. The SMILES string of the molecule is CCN1CCC(CN=C2NC(C)C(C)CS2)CC1. The maximum Gasteiger partial charge on any atom is 0.156 e. The molecule has 0 spiro atoms. The molecule has 2 fully saturated rings. The van der Waals surface area contributed by atoms with Crippen molar-refractivity contribution in [2.75, 3.05) is 31.9 Å². The van der Waals surface area contributed by atoms with Crippen molar-refractivity contribution in [2.24, 2.45) is 16.8 Å². The number of amidine groups is 1. The lowest BCUT2D eigenvalue weighted by molar-refractivity contribution is 0.196. The van der Waals surface area contributed by atoms with E-state index in [1.807, 2.05) is 11.8 Å². The normalized spacial score (nSPS) is 33.6. The number of rotatable bonds is 3. The van der Waals surface area contributed by atoms with Crippen LogP contribution in [0.15, 0.2) is 4.99 Å². The number of piperidine rings is 1. The number of hydrogen-bond donors (Lipinski definition) is 1. The Labute approximate surface area is 116 Å². The van der Waals surface area contributed by atoms with Gasteiger partial charge in [0.05, 0.1) is 0 Å². The van der Waals surface area contributed by atoms with E-state index in [0.29, 0.717) is 6.04 Å². The summed E-state index contributed by atoms with van der Waals surface area (Å²) in [4.78, 5) is 7.34. The minimum atomic E-state index is 0.576. The average Bonchev–Trinajstić information content (AvgIpc) is 2.41. The van der Waals surface area contributed by atoms with E-state index in [-0.39, 0.29) is 0 Å². The van der Waals surface area contributed by atoms with Crippen molar-refractivity contribution in [3.63, 3.8) is 0 Å². The van der Waals surface area contributed by atoms with E-state index in [1.54, 1.807) is 0 Å². The fraction of sp³-hybridized carbons (Fsp3) is 0.929. The van der Waals surface area contributed by atoms with Crippen molar-refractivity contribution in [3.8, 4) is 0 Å². The molecule has 0 bridgehead atoms. The van der Waals surface area contributed by atoms with Gasteiger partial charge in [0.15, 0.2) is 5.17 Å². The van der Waals surface area contributed by atoms with Crippen molar-refractivity contribution in [3.05, 3.63) is 0 Å². The summed E-state index contributed by atoms with van der Waals surface area (Å²) in [5.74, 6) is 2.76. The lowest BCUT2D eigenvalue weighted by Gasteiger charge is -2.31. The molecule has 2 saturated heterocycles. The van der Waals surface area contributed by atoms with Gasteiger partial charge in [-0.3, -0.25) is 4.99 Å². The molecule has 0 amide bonds. The van der Waals surface area contributed by atoms with Crippen LogP contribution in [0.2, 0.25) is 0 Å². The van der Waals surface area contributed by atoms with Gasteiger partial charge >= 0.3 is 0 Å². The van der Waals surface area contributed by atoms with E-state index in [4.69, 9.17) is 4.99 Å². The summed E-state index contributed by atoms with van der Waals surface area (Å²) in [6.07, 6.45) is 2.64. The van der Waals surface area contributed by atoms with Crippen LogP contribution in [0.25, 0.3) is 0 Å². The first kappa shape index (κ1) is 14.2. The first-order valence-electron chi connectivity index (χ1n) is 7.35. The van der Waals surface area contributed by atoms with Crippen LogP contribution in [0.1, 0.15) is 33.6 Å². The minimum absolute atomic E-state index is 0.576. The summed E-state index contributed by atoms with van der Waals surface area (Å²) in [7, 11) is 0. The smallest absolute Gasteiger partial charge is 0.156 e. The van der Waals surface area contributed by atoms with Gasteiger partial charge in [0.25, 0.3) is 0 Å². The first-order chi connectivity index (χ1) is 8.69. The lowest BCUT2D eigenvalue weighted by atomic mass is 9.97. The largest absolute Gasteiger partial charge is 0.362 e. The number of nitrogens with one attached hydrogen (secondary N) is 1. The highest BCUT2D eigenvalue weighted by molar-refractivity contribution is 8.13. The maximum absolute atomic E-state index is 4.79. The molecule has 18 heavy (non-hydrogen) atoms. The second-order valence-electron chi connectivity index (χ2n) is 5.74. The molecule has 2 rings (SSSR count). The van der Waals surface area contributed by atoms with Gasteiger partial charge in [-0.05, 0) is 51.2 Å². The predicted octanol–water partition coefficient (Wildman–Crippen LogP) is 2.44. The van der Waals surface area contributed by atoms with Crippen LogP contribution >= 0.6 is 11.8 Å². The molecule has 0 saturated carbocycles. The summed E-state index contributed by atoms with van der Waals surface area (Å²) >= 11 is 1.90. The van der Waals surface area contributed by atoms with Crippen LogP contribution in [0.3, 0.4) is 0 Å². The van der Waals surface area contributed by atoms with Crippen molar-refractivity contribution in [2.45, 2.75) is 39.7 Å². The molecule has 0 radical (unpaired) electrons. The predicted molar refractivity (Wildman–Crippen MR) is 81.4 cm³/mol. The van der Waals surface area contributed by atoms with Crippen LogP contribution in [-0.4, -0.2) is 48.0 Å². The molecule has 104 valence electrons. The van der Waals surface area contributed by atoms with E-state index in [2.05, 4.69) is 31.0 Å². The minimum Gasteiger partial charge on any atom is -0.362 e. The molecule has 3 nitrogen and oxygen atoms in total. The Kier molecular flexibility index (Phi) is 5.37. The molecule has 2 atom stereocenters. The van der Waals surface area contributed by atoms with Crippen LogP contribution < -0.4 is 5.32 Å². The highest BCUT2D eigenvalue weighted by Gasteiger charge is 2.22. The van der Waals surface area contributed by atoms with E-state index in [0.717, 1.165) is 18.4 Å². The Morgan fingerprint density at radius 1 is 1.33 bits per heavy atom. The Morgan fingerprint density at radius 2 is 2.06 bits per heavy atom. The van der Waals surface area contributed by atoms with Crippen molar-refractivity contribution in [1.82, 2.24) is 10.2 Å². The molecule has 2 heterocycles. The monoisotopic (exact) mass is 269 g/mol. The van der Waals surface area contributed by atoms with Crippen LogP contribution in [0, 0.1) is 11.8 Å². The van der Waals surface area contributed by atoms with Crippen LogP contribution in [-0.2, 0) is 0 Å². The third kappa shape index (κ3) is 3.89. The molecule has 2 unspecified atom stereocenters. The standard InChI is InChI=1S/C14H27N3S/c1-4-17-7-5-13(6-8-17)9-15-14-16-12(3)11(2)10-18-14/h11-13H,4-10H2,1-3H3,(H,15,16). The van der Waals surface area contributed by atoms with Gasteiger partial charge in [0, 0.05) is 18.3 Å². The van der Waals surface area contributed by atoms with Gasteiger partial charge < -0.3 is 10.2 Å². The molecule has 0 aromatic rings. The highest BCUT2D eigenvalue weighted by atomic mass is 32.2. The third-order valence-corrected chi connectivity index (χ3v) is 5.55. The molecular weight excluding hydrogens is 242 g/mol. The lowest BCUT2D eigenvalue weighted by Crippen LogP contribution is -2.41. The van der Waals surface area contributed by atoms with Gasteiger partial charge in [0.2, 0.25) is 0 Å². The van der Waals surface area contributed by atoms with Gasteiger partial charge in [0.1, 0.15) is 0 Å². The second kappa shape index (κ2) is 6.80. The Bertz CT molecular complexity index is 285. The van der Waals surface area contributed by atoms with Gasteiger partial charge in [-0.1, -0.05) is 25.6 Å². The van der Waals surface area contributed by atoms with Crippen molar-refractivity contribution < 1.29 is 0 Å². The number of nitrogens with zero attached hydrogens (tertiary/aromatic N) is 2. The summed E-state index contributed by atoms with van der Waals surface area (Å²) < 4.78 is 0. The van der Waals surface area contributed by atoms with Crippen LogP contribution in [0.4, 0.5) is 0 Å². The number of aliphatic imine (C=N–C) groups is 1. The van der Waals surface area contributed by atoms with Gasteiger partial charge in [-0.25, -0.2) is 0 Å². The van der Waals surface area contributed by atoms with E-state index in [1.165, 1.54) is 43.4 Å². The second-order valence-corrected chi connectivity index (χ2v) is 6.75. The van der Waals surface area contributed by atoms with Crippen molar-refractivity contribution >= 4 is 16.9 Å². The van der Waals surface area contributed by atoms with E-state index < -0.39 is 0 Å². The van der Waals surface area contributed by atoms with Crippen LogP contribution in [0.5, 0.6) is 0 Å². The van der Waals surface area contributed by atoms with E-state index >= 15 is 0 Å². The molecule has 1 N–H and O–H groups in total. The summed E-state index contributed by atoms with van der Waals surface area (Å²) in [6, 6.07) is 0.576. The fourth-order valence-electron chi connectivity index (χ4n) is 2.52. The molecular formula is C14H27N3S. The number of thioether (sulfide) groups is 1. The molecule has 2 aliphatic heterocycles. The Balaban J connectivity index is 1.74. The fourth-order valence-corrected chi connectivity index (χ4v) is 3.67. The summed E-state index contributed by atoms with van der Waals surface area (Å²) in [5, 5.41) is 4.71. The zero-order valence-corrected chi connectivity index (χ0v) is 12.8. The zero-order chi connectivity index (χ0) is 13.0. The Morgan fingerprint density at radius 3 is 2.67 bits per heavy atom. The quantitative estimate of drug-likeness (QED) is 0.853. The summed E-state index contributed by atoms with van der Waals surface area (Å²) in [5.41, 5.74) is 0. The third-order valence-electron chi connectivity index (χ3n) is 4.34. The molecule has 2 aliphatic rings. The van der Waals surface area contributed by atoms with Gasteiger partial charge in [-0.15, -0.1) is 0 Å². The molecule has 4 heteroatoms. The molecule has 0 aromatic carbocycles. The van der Waals surface area contributed by atoms with Gasteiger partial charge in [-0.2, -0.15) is 0 Å². The first-order valence-corrected chi connectivity index (χ1v) is 8.33. The highest BCUT2D eigenvalue weighted by Crippen LogP contribution is 2.21. The summed E-state index contributed by atoms with van der Waals surface area (Å²) in [6.45, 7) is 11.6. The molecule has 0 aromatic heterocycles. The number of hydrogen-bond acceptors (Lipinski definition) is 3. The van der Waals surface area contributed by atoms with E-state index in [9.17, 15) is 0 Å². The topological polar surface area (TPSA) is 27.6 Å². The maximum atomic E-state index is 4.79. The Hall–Kier alpha value is -0.220. The molecule has 0 aliphatic carbocycles. The average molecular weight is 269 g/mol. The van der Waals surface area contributed by atoms with Crippen molar-refractivity contribution in [1.29, 1.82) is 0 Å². The zero-order valence-electron chi connectivity index (χ0n) is 12.0.